The van der Waals surface area contributed by atoms with Crippen molar-refractivity contribution in [3.63, 3.8) is 0 Å². The van der Waals surface area contributed by atoms with Crippen LogP contribution in [0.25, 0.3) is 0 Å². The highest BCUT2D eigenvalue weighted by atomic mass is 16.6. The number of aliphatic hydroxyl groups is 1. The number of nitrogens with one attached hydrogen (secondary N) is 1. The van der Waals surface area contributed by atoms with Gasteiger partial charge in [-0.1, -0.05) is 42.5 Å². The van der Waals surface area contributed by atoms with Crippen LogP contribution < -0.4 is 14.8 Å². The van der Waals surface area contributed by atoms with Crippen molar-refractivity contribution in [2.75, 3.05) is 12.4 Å². The number of anilines is 1. The summed E-state index contributed by atoms with van der Waals surface area (Å²) in [5.74, 6) is 0.457. The van der Waals surface area contributed by atoms with Crippen LogP contribution in [0.3, 0.4) is 0 Å². The molecule has 1 aliphatic rings. The van der Waals surface area contributed by atoms with Gasteiger partial charge in [0.1, 0.15) is 35.0 Å². The third-order valence-corrected chi connectivity index (χ3v) is 6.07. The molecule has 2 unspecified atom stereocenters. The maximum atomic E-state index is 12.8. The molecule has 188 valence electrons. The number of fused-ring (bicyclic) bond motifs is 1. The van der Waals surface area contributed by atoms with Gasteiger partial charge in [-0.2, -0.15) is 0 Å². The zero-order valence-electron chi connectivity index (χ0n) is 20.3. The number of hydrogen-bond acceptors (Lipinski definition) is 7. The minimum absolute atomic E-state index is 0.000999. The monoisotopic (exact) mass is 492 g/mol. The second kappa shape index (κ2) is 10.3. The molecule has 0 fully saturated rings. The Balaban J connectivity index is 1.63. The highest BCUT2D eigenvalue weighted by Gasteiger charge is 2.45. The summed E-state index contributed by atoms with van der Waals surface area (Å²) in [6, 6.07) is 19.2. The summed E-state index contributed by atoms with van der Waals surface area (Å²) in [6.45, 7) is 3.60. The fraction of sp³-hybridized carbons (Fsp3) is 0.296. The number of aliphatic hydroxyl groups excluding tert-OH is 1. The first kappa shape index (κ1) is 25.2. The van der Waals surface area contributed by atoms with Crippen LogP contribution in [0.2, 0.25) is 0 Å². The molecule has 9 heteroatoms. The van der Waals surface area contributed by atoms with Gasteiger partial charge in [0.05, 0.1) is 31.1 Å². The van der Waals surface area contributed by atoms with Crippen molar-refractivity contribution >= 4 is 17.3 Å². The standard InChI is InChI=1S/C27H28N2O7/c1-27(2)26(31)25(35-16-18-7-5-4-6-8-18)20-14-21(22(29(32)33)15-23(20)36-27)28-24(30)13-17-9-11-19(34-3)12-10-17/h4-12,14-15,25-26,31H,13,16H2,1-3H3,(H,28,30). The number of methoxy groups -OCH3 is 1. The first-order valence-corrected chi connectivity index (χ1v) is 11.5. The molecule has 0 aromatic heterocycles. The van der Waals surface area contributed by atoms with Crippen LogP contribution in [0.5, 0.6) is 11.5 Å². The third kappa shape index (κ3) is 5.48. The highest BCUT2D eigenvalue weighted by molar-refractivity contribution is 5.95. The van der Waals surface area contributed by atoms with Crippen molar-refractivity contribution < 1.29 is 29.0 Å². The van der Waals surface area contributed by atoms with Crippen molar-refractivity contribution in [3.05, 3.63) is 93.5 Å². The van der Waals surface area contributed by atoms with Crippen LogP contribution in [-0.2, 0) is 22.6 Å². The van der Waals surface area contributed by atoms with E-state index < -0.39 is 28.6 Å². The van der Waals surface area contributed by atoms with Crippen molar-refractivity contribution in [1.29, 1.82) is 0 Å². The fourth-order valence-corrected chi connectivity index (χ4v) is 4.09. The molecule has 0 bridgehead atoms. The van der Waals surface area contributed by atoms with Crippen LogP contribution in [0.4, 0.5) is 11.4 Å². The number of nitrogens with zero attached hydrogens (tertiary/aromatic N) is 1. The van der Waals surface area contributed by atoms with Gasteiger partial charge in [-0.25, -0.2) is 0 Å². The number of carbonyl (C=O) groups is 1. The van der Waals surface area contributed by atoms with E-state index in [2.05, 4.69) is 5.32 Å². The van der Waals surface area contributed by atoms with Gasteiger partial charge in [-0.3, -0.25) is 14.9 Å². The van der Waals surface area contributed by atoms with E-state index in [0.29, 0.717) is 11.3 Å². The average molecular weight is 493 g/mol. The smallest absolute Gasteiger partial charge is 0.296 e. The predicted molar refractivity (Wildman–Crippen MR) is 133 cm³/mol. The van der Waals surface area contributed by atoms with E-state index in [9.17, 15) is 20.0 Å². The van der Waals surface area contributed by atoms with Gasteiger partial charge >= 0.3 is 0 Å². The minimum atomic E-state index is -1.06. The molecular weight excluding hydrogens is 464 g/mol. The molecule has 1 amide bonds. The number of benzene rings is 3. The zero-order chi connectivity index (χ0) is 25.9. The average Bonchev–Trinajstić information content (AvgIpc) is 2.85. The van der Waals surface area contributed by atoms with Crippen LogP contribution in [0.1, 0.15) is 36.6 Å². The Kier molecular flexibility index (Phi) is 7.23. The quantitative estimate of drug-likeness (QED) is 0.349. The topological polar surface area (TPSA) is 120 Å². The maximum absolute atomic E-state index is 12.8. The normalized spacial score (nSPS) is 18.0. The predicted octanol–water partition coefficient (Wildman–Crippen LogP) is 4.57. The number of nitro benzene ring substituents is 1. The molecule has 0 saturated carbocycles. The van der Waals surface area contributed by atoms with E-state index >= 15 is 0 Å². The Bertz CT molecular complexity index is 1240. The number of amides is 1. The summed E-state index contributed by atoms with van der Waals surface area (Å²) < 4.78 is 17.1. The molecule has 2 atom stereocenters. The van der Waals surface area contributed by atoms with E-state index in [1.807, 2.05) is 30.3 Å². The summed E-state index contributed by atoms with van der Waals surface area (Å²) in [5.41, 5.74) is 0.681. The van der Waals surface area contributed by atoms with Gasteiger partial charge in [-0.05, 0) is 43.2 Å². The van der Waals surface area contributed by atoms with E-state index in [1.165, 1.54) is 12.1 Å². The molecule has 1 aliphatic heterocycles. The number of rotatable bonds is 8. The Hall–Kier alpha value is -3.95. The molecule has 2 N–H and O–H groups in total. The Morgan fingerprint density at radius 1 is 1.11 bits per heavy atom. The van der Waals surface area contributed by atoms with Crippen molar-refractivity contribution in [1.82, 2.24) is 0 Å². The number of carbonyl (C=O) groups excluding carboxylic acids is 1. The molecule has 0 spiro atoms. The van der Waals surface area contributed by atoms with Gasteiger partial charge in [0.25, 0.3) is 5.69 Å². The van der Waals surface area contributed by atoms with E-state index in [1.54, 1.807) is 45.2 Å². The first-order valence-electron chi connectivity index (χ1n) is 11.5. The second-order valence-corrected chi connectivity index (χ2v) is 9.10. The van der Waals surface area contributed by atoms with Crippen molar-refractivity contribution in [2.24, 2.45) is 0 Å². The molecule has 9 nitrogen and oxygen atoms in total. The van der Waals surface area contributed by atoms with Crippen molar-refractivity contribution in [3.8, 4) is 11.5 Å². The first-order chi connectivity index (χ1) is 17.2. The van der Waals surface area contributed by atoms with E-state index in [4.69, 9.17) is 14.2 Å². The molecule has 0 saturated heterocycles. The second-order valence-electron chi connectivity index (χ2n) is 9.10. The summed E-state index contributed by atoms with van der Waals surface area (Å²) in [5, 5.41) is 25.5. The molecule has 36 heavy (non-hydrogen) atoms. The SMILES string of the molecule is COc1ccc(CC(=O)Nc2cc3c(cc2[N+](=O)[O-])OC(C)(C)C(O)C3OCc2ccccc2)cc1. The third-order valence-electron chi connectivity index (χ3n) is 6.07. The minimum Gasteiger partial charge on any atom is -0.497 e. The molecule has 3 aromatic rings. The molecule has 0 aliphatic carbocycles. The number of ether oxygens (including phenoxy) is 3. The Morgan fingerprint density at radius 3 is 2.44 bits per heavy atom. The van der Waals surface area contributed by atoms with Gasteiger partial charge in [0.15, 0.2) is 0 Å². The summed E-state index contributed by atoms with van der Waals surface area (Å²) in [6.07, 6.45) is -1.88. The van der Waals surface area contributed by atoms with Gasteiger partial charge in [0.2, 0.25) is 5.91 Å². The highest BCUT2D eigenvalue weighted by Crippen LogP contribution is 2.46. The lowest BCUT2D eigenvalue weighted by atomic mass is 9.88. The fourth-order valence-electron chi connectivity index (χ4n) is 4.09. The van der Waals surface area contributed by atoms with Gasteiger partial charge in [-0.15, -0.1) is 0 Å². The number of nitro groups is 1. The zero-order valence-corrected chi connectivity index (χ0v) is 20.3. The van der Waals surface area contributed by atoms with Crippen LogP contribution >= 0.6 is 0 Å². The maximum Gasteiger partial charge on any atom is 0.296 e. The molecular formula is C27H28N2O7. The van der Waals surface area contributed by atoms with E-state index in [-0.39, 0.29) is 30.2 Å². The van der Waals surface area contributed by atoms with Crippen LogP contribution in [0, 0.1) is 10.1 Å². The summed E-state index contributed by atoms with van der Waals surface area (Å²) >= 11 is 0. The van der Waals surface area contributed by atoms with Crippen LogP contribution in [0.15, 0.2) is 66.7 Å². The lowest BCUT2D eigenvalue weighted by Gasteiger charge is -2.41. The van der Waals surface area contributed by atoms with Crippen LogP contribution in [-0.4, -0.2) is 34.8 Å². The lowest BCUT2D eigenvalue weighted by Crippen LogP contribution is -2.49. The molecule has 3 aromatic carbocycles. The number of hydrogen-bond donors (Lipinski definition) is 2. The molecule has 0 radical (unpaired) electrons. The summed E-state index contributed by atoms with van der Waals surface area (Å²) in [7, 11) is 1.55. The van der Waals surface area contributed by atoms with Gasteiger partial charge in [0, 0.05) is 5.56 Å². The Morgan fingerprint density at radius 2 is 1.81 bits per heavy atom. The Labute approximate surface area is 208 Å². The van der Waals surface area contributed by atoms with E-state index in [0.717, 1.165) is 11.1 Å². The van der Waals surface area contributed by atoms with Crippen molar-refractivity contribution in [2.45, 2.75) is 44.7 Å². The largest absolute Gasteiger partial charge is 0.497 e. The van der Waals surface area contributed by atoms with Gasteiger partial charge < -0.3 is 24.6 Å². The summed E-state index contributed by atoms with van der Waals surface area (Å²) in [4.78, 5) is 24.0. The molecule has 4 rings (SSSR count). The molecule has 1 heterocycles. The lowest BCUT2D eigenvalue weighted by molar-refractivity contribution is -0.384.